The zero-order chi connectivity index (χ0) is 12.8. The number of nitrogens with one attached hydrogen (secondary N) is 1. The number of likely N-dealkylation sites (tertiary alicyclic amines) is 1. The van der Waals surface area contributed by atoms with E-state index in [0.29, 0.717) is 19.1 Å². The van der Waals surface area contributed by atoms with E-state index in [0.717, 1.165) is 25.1 Å². The summed E-state index contributed by atoms with van der Waals surface area (Å²) < 4.78 is 0. The van der Waals surface area contributed by atoms with Gasteiger partial charge < -0.3 is 11.1 Å². The molecule has 106 valence electrons. The first kappa shape index (κ1) is 16.0. The van der Waals surface area contributed by atoms with Gasteiger partial charge >= 0.3 is 0 Å². The van der Waals surface area contributed by atoms with E-state index in [1.807, 2.05) is 30.3 Å². The minimum absolute atomic E-state index is 0. The molecule has 1 aromatic rings. The maximum atomic E-state index is 11.9. The number of nitrogens with two attached hydrogens (primary N) is 1. The molecule has 0 aliphatic carbocycles. The Morgan fingerprint density at radius 2 is 2.05 bits per heavy atom. The normalized spacial score (nSPS) is 19.5. The predicted octanol–water partition coefficient (Wildman–Crippen LogP) is 1.86. The van der Waals surface area contributed by atoms with Crippen LogP contribution in [-0.4, -0.2) is 36.5 Å². The molecule has 4 nitrogen and oxygen atoms in total. The summed E-state index contributed by atoms with van der Waals surface area (Å²) in [6, 6.07) is 9.92. The number of carbonyl (C=O) groups excluding carboxylic acids is 1. The lowest BCUT2D eigenvalue weighted by Gasteiger charge is -2.34. The number of hydrogen-bond acceptors (Lipinski definition) is 3. The molecule has 1 fully saturated rings. The molecule has 1 aliphatic heterocycles. The summed E-state index contributed by atoms with van der Waals surface area (Å²) in [4.78, 5) is 14.1. The van der Waals surface area contributed by atoms with Crippen LogP contribution in [0.3, 0.4) is 0 Å². The van der Waals surface area contributed by atoms with E-state index < -0.39 is 0 Å². The standard InChI is InChI=1S/C14H21N3O.ClH/c15-10-13-8-4-5-9-17(13)11-14(18)16-12-6-2-1-3-7-12;/h1-3,6-7,13H,4-5,8-11,15H2,(H,16,18);1H. The Balaban J connectivity index is 0.00000180. The molecule has 1 unspecified atom stereocenters. The largest absolute Gasteiger partial charge is 0.329 e. The quantitative estimate of drug-likeness (QED) is 0.887. The van der Waals surface area contributed by atoms with Gasteiger partial charge in [-0.15, -0.1) is 12.4 Å². The molecule has 1 atom stereocenters. The highest BCUT2D eigenvalue weighted by atomic mass is 35.5. The number of anilines is 1. The van der Waals surface area contributed by atoms with Gasteiger partial charge in [0.2, 0.25) is 5.91 Å². The fraction of sp³-hybridized carbons (Fsp3) is 0.500. The first-order valence-electron chi connectivity index (χ1n) is 6.58. The maximum Gasteiger partial charge on any atom is 0.238 e. The molecule has 0 spiro atoms. The zero-order valence-corrected chi connectivity index (χ0v) is 11.9. The van der Waals surface area contributed by atoms with E-state index >= 15 is 0 Å². The third-order valence-corrected chi connectivity index (χ3v) is 3.43. The van der Waals surface area contributed by atoms with Crippen molar-refractivity contribution in [3.63, 3.8) is 0 Å². The average molecular weight is 284 g/mol. The van der Waals surface area contributed by atoms with Gasteiger partial charge in [-0.05, 0) is 31.5 Å². The highest BCUT2D eigenvalue weighted by Crippen LogP contribution is 2.16. The average Bonchev–Trinajstić information content (AvgIpc) is 2.40. The fourth-order valence-corrected chi connectivity index (χ4v) is 2.44. The predicted molar refractivity (Wildman–Crippen MR) is 80.6 cm³/mol. The van der Waals surface area contributed by atoms with Gasteiger partial charge in [0, 0.05) is 18.3 Å². The Bertz CT molecular complexity index is 386. The Kier molecular flexibility index (Phi) is 6.84. The van der Waals surface area contributed by atoms with Crippen molar-refractivity contribution in [2.45, 2.75) is 25.3 Å². The number of amides is 1. The van der Waals surface area contributed by atoms with E-state index in [2.05, 4.69) is 10.2 Å². The van der Waals surface area contributed by atoms with Crippen molar-refractivity contribution >= 4 is 24.0 Å². The second kappa shape index (κ2) is 8.15. The molecule has 5 heteroatoms. The first-order valence-corrected chi connectivity index (χ1v) is 6.58. The van der Waals surface area contributed by atoms with Crippen molar-refractivity contribution in [3.8, 4) is 0 Å². The van der Waals surface area contributed by atoms with E-state index in [1.165, 1.54) is 6.42 Å². The number of hydrogen-bond donors (Lipinski definition) is 2. The lowest BCUT2D eigenvalue weighted by Crippen LogP contribution is -2.47. The van der Waals surface area contributed by atoms with Gasteiger partial charge in [-0.3, -0.25) is 9.69 Å². The molecule has 1 saturated heterocycles. The van der Waals surface area contributed by atoms with Crippen LogP contribution in [0.1, 0.15) is 19.3 Å². The van der Waals surface area contributed by atoms with Gasteiger partial charge in [-0.2, -0.15) is 0 Å². The van der Waals surface area contributed by atoms with Crippen LogP contribution in [0, 0.1) is 0 Å². The SMILES string of the molecule is Cl.NCC1CCCCN1CC(=O)Nc1ccccc1. The smallest absolute Gasteiger partial charge is 0.238 e. The Morgan fingerprint density at radius 3 is 2.74 bits per heavy atom. The van der Waals surface area contributed by atoms with Gasteiger partial charge in [0.1, 0.15) is 0 Å². The first-order chi connectivity index (χ1) is 8.79. The summed E-state index contributed by atoms with van der Waals surface area (Å²) in [5, 5.41) is 2.91. The number of carbonyl (C=O) groups is 1. The number of rotatable bonds is 4. The topological polar surface area (TPSA) is 58.4 Å². The number of piperidine rings is 1. The molecule has 0 saturated carbocycles. The molecule has 0 radical (unpaired) electrons. The van der Waals surface area contributed by atoms with Crippen LogP contribution in [0.15, 0.2) is 30.3 Å². The Morgan fingerprint density at radius 1 is 1.32 bits per heavy atom. The van der Waals surface area contributed by atoms with E-state index in [4.69, 9.17) is 5.73 Å². The summed E-state index contributed by atoms with van der Waals surface area (Å²) in [6.07, 6.45) is 3.49. The molecular formula is C14H22ClN3O. The highest BCUT2D eigenvalue weighted by molar-refractivity contribution is 5.92. The van der Waals surface area contributed by atoms with Gasteiger partial charge in [-0.1, -0.05) is 24.6 Å². The minimum Gasteiger partial charge on any atom is -0.329 e. The van der Waals surface area contributed by atoms with Crippen molar-refractivity contribution in [3.05, 3.63) is 30.3 Å². The Hall–Kier alpha value is -1.10. The summed E-state index contributed by atoms with van der Waals surface area (Å²) in [5.74, 6) is 0.0431. The van der Waals surface area contributed by atoms with Gasteiger partial charge in [0.15, 0.2) is 0 Å². The highest BCUT2D eigenvalue weighted by Gasteiger charge is 2.22. The second-order valence-electron chi connectivity index (χ2n) is 4.77. The molecular weight excluding hydrogens is 262 g/mol. The summed E-state index contributed by atoms with van der Waals surface area (Å²) in [5.41, 5.74) is 6.60. The van der Waals surface area contributed by atoms with E-state index in [9.17, 15) is 4.79 Å². The fourth-order valence-electron chi connectivity index (χ4n) is 2.44. The summed E-state index contributed by atoms with van der Waals surface area (Å²) >= 11 is 0. The van der Waals surface area contributed by atoms with Crippen molar-refractivity contribution in [1.29, 1.82) is 0 Å². The number of nitrogens with zero attached hydrogens (tertiary/aromatic N) is 1. The zero-order valence-electron chi connectivity index (χ0n) is 11.0. The molecule has 1 aromatic carbocycles. The van der Waals surface area contributed by atoms with Crippen molar-refractivity contribution in [2.24, 2.45) is 5.73 Å². The monoisotopic (exact) mass is 283 g/mol. The molecule has 1 heterocycles. The Labute approximate surface area is 120 Å². The van der Waals surface area contributed by atoms with Crippen molar-refractivity contribution < 1.29 is 4.79 Å². The number of para-hydroxylation sites is 1. The van der Waals surface area contributed by atoms with Crippen LogP contribution in [0.5, 0.6) is 0 Å². The van der Waals surface area contributed by atoms with Crippen LogP contribution in [0.2, 0.25) is 0 Å². The van der Waals surface area contributed by atoms with E-state index in [-0.39, 0.29) is 18.3 Å². The molecule has 1 amide bonds. The number of halogens is 1. The lowest BCUT2D eigenvalue weighted by molar-refractivity contribution is -0.118. The summed E-state index contributed by atoms with van der Waals surface area (Å²) in [6.45, 7) is 2.06. The van der Waals surface area contributed by atoms with Crippen LogP contribution in [0.4, 0.5) is 5.69 Å². The van der Waals surface area contributed by atoms with Crippen LogP contribution in [-0.2, 0) is 4.79 Å². The molecule has 3 N–H and O–H groups in total. The van der Waals surface area contributed by atoms with Crippen LogP contribution >= 0.6 is 12.4 Å². The van der Waals surface area contributed by atoms with Crippen LogP contribution < -0.4 is 11.1 Å². The molecule has 1 aliphatic rings. The second-order valence-corrected chi connectivity index (χ2v) is 4.77. The van der Waals surface area contributed by atoms with Crippen molar-refractivity contribution in [1.82, 2.24) is 4.90 Å². The van der Waals surface area contributed by atoms with E-state index in [1.54, 1.807) is 0 Å². The van der Waals surface area contributed by atoms with Crippen molar-refractivity contribution in [2.75, 3.05) is 25.0 Å². The third-order valence-electron chi connectivity index (χ3n) is 3.43. The summed E-state index contributed by atoms with van der Waals surface area (Å²) in [7, 11) is 0. The number of benzene rings is 1. The molecule has 0 bridgehead atoms. The van der Waals surface area contributed by atoms with Gasteiger partial charge in [0.25, 0.3) is 0 Å². The molecule has 2 rings (SSSR count). The third kappa shape index (κ3) is 4.82. The van der Waals surface area contributed by atoms with Gasteiger partial charge in [-0.25, -0.2) is 0 Å². The van der Waals surface area contributed by atoms with Gasteiger partial charge in [0.05, 0.1) is 6.54 Å². The maximum absolute atomic E-state index is 11.9. The molecule has 19 heavy (non-hydrogen) atoms. The molecule has 0 aromatic heterocycles. The minimum atomic E-state index is 0. The van der Waals surface area contributed by atoms with Crippen LogP contribution in [0.25, 0.3) is 0 Å². The lowest BCUT2D eigenvalue weighted by atomic mass is 10.0.